The van der Waals surface area contributed by atoms with Crippen LogP contribution in [0.5, 0.6) is 0 Å². The number of fused-ring (bicyclic) bond motifs is 1. The summed E-state index contributed by atoms with van der Waals surface area (Å²) in [6.45, 7) is 4.20. The van der Waals surface area contributed by atoms with Crippen LogP contribution < -0.4 is 4.90 Å². The number of benzene rings is 3. The fourth-order valence-corrected chi connectivity index (χ4v) is 4.70. The average molecular weight is 490 g/mol. The van der Waals surface area contributed by atoms with E-state index in [1.54, 1.807) is 6.20 Å². The minimum atomic E-state index is -0.399. The molecule has 1 saturated heterocycles. The summed E-state index contributed by atoms with van der Waals surface area (Å²) in [7, 11) is 0. The van der Waals surface area contributed by atoms with Gasteiger partial charge in [-0.15, -0.1) is 0 Å². The fourth-order valence-electron chi connectivity index (χ4n) is 4.58. The summed E-state index contributed by atoms with van der Waals surface area (Å²) in [6.07, 6.45) is 2.00. The van der Waals surface area contributed by atoms with E-state index in [4.69, 9.17) is 11.6 Å². The Kier molecular flexibility index (Phi) is 6.66. The number of rotatable bonds is 6. The number of piperazine rings is 1. The highest BCUT2D eigenvalue weighted by atomic mass is 35.5. The lowest BCUT2D eigenvalue weighted by Crippen LogP contribution is -2.46. The third-order valence-electron chi connectivity index (χ3n) is 6.54. The molecule has 0 radical (unpaired) electrons. The molecule has 7 heteroatoms. The van der Waals surface area contributed by atoms with Crippen LogP contribution in [0.3, 0.4) is 0 Å². The molecule has 0 saturated carbocycles. The van der Waals surface area contributed by atoms with E-state index in [2.05, 4.69) is 9.80 Å². The summed E-state index contributed by atoms with van der Waals surface area (Å²) in [5.74, 6) is -0.686. The van der Waals surface area contributed by atoms with Crippen molar-refractivity contribution in [2.24, 2.45) is 0 Å². The number of hydrogen-bond acceptors (Lipinski definition) is 4. The molecule has 2 heterocycles. The molecule has 0 bridgehead atoms. The van der Waals surface area contributed by atoms with Gasteiger partial charge >= 0.3 is 0 Å². The number of carbonyl (C=O) groups excluding carboxylic acids is 2. The van der Waals surface area contributed by atoms with Crippen molar-refractivity contribution >= 4 is 39.9 Å². The van der Waals surface area contributed by atoms with E-state index >= 15 is 0 Å². The van der Waals surface area contributed by atoms with Gasteiger partial charge in [0.2, 0.25) is 0 Å². The number of hydrogen-bond donors (Lipinski definition) is 0. The Morgan fingerprint density at radius 2 is 1.54 bits per heavy atom. The van der Waals surface area contributed by atoms with Gasteiger partial charge in [0.15, 0.2) is 5.78 Å². The molecule has 4 aromatic rings. The molecule has 1 aliphatic heterocycles. The molecular formula is C28H25ClFN3O2. The van der Waals surface area contributed by atoms with Gasteiger partial charge in [0.05, 0.1) is 5.52 Å². The molecule has 0 aliphatic carbocycles. The molecule has 0 atom stereocenters. The maximum Gasteiger partial charge on any atom is 0.262 e. The molecule has 5 rings (SSSR count). The second kappa shape index (κ2) is 10.0. The highest BCUT2D eigenvalue weighted by Gasteiger charge is 2.21. The van der Waals surface area contributed by atoms with Crippen LogP contribution in [-0.4, -0.2) is 53.9 Å². The van der Waals surface area contributed by atoms with E-state index in [-0.39, 0.29) is 11.7 Å². The number of halogens is 2. The first kappa shape index (κ1) is 23.3. The Morgan fingerprint density at radius 3 is 2.26 bits per heavy atom. The van der Waals surface area contributed by atoms with Gasteiger partial charge < -0.3 is 4.90 Å². The van der Waals surface area contributed by atoms with Crippen molar-refractivity contribution in [3.8, 4) is 0 Å². The van der Waals surface area contributed by atoms with Crippen molar-refractivity contribution < 1.29 is 14.0 Å². The van der Waals surface area contributed by atoms with Crippen LogP contribution in [0, 0.1) is 5.82 Å². The smallest absolute Gasteiger partial charge is 0.262 e. The average Bonchev–Trinajstić information content (AvgIpc) is 3.28. The summed E-state index contributed by atoms with van der Waals surface area (Å²) in [6, 6.07) is 20.7. The normalized spacial score (nSPS) is 14.4. The zero-order valence-corrected chi connectivity index (χ0v) is 19.9. The largest absolute Gasteiger partial charge is 0.369 e. The Morgan fingerprint density at radius 1 is 0.857 bits per heavy atom. The highest BCUT2D eigenvalue weighted by Crippen LogP contribution is 2.24. The molecule has 0 spiro atoms. The maximum atomic E-state index is 13.3. The first-order valence-electron chi connectivity index (χ1n) is 11.7. The van der Waals surface area contributed by atoms with Crippen molar-refractivity contribution in [3.63, 3.8) is 0 Å². The van der Waals surface area contributed by atoms with Crippen LogP contribution in [0.4, 0.5) is 10.1 Å². The Hall–Kier alpha value is -3.48. The second-order valence-electron chi connectivity index (χ2n) is 8.72. The van der Waals surface area contributed by atoms with Crippen LogP contribution in [-0.2, 0) is 0 Å². The van der Waals surface area contributed by atoms with Gasteiger partial charge in [0, 0.05) is 72.6 Å². The first-order valence-corrected chi connectivity index (χ1v) is 12.0. The number of ketones is 1. The second-order valence-corrected chi connectivity index (χ2v) is 9.16. The van der Waals surface area contributed by atoms with E-state index in [1.165, 1.54) is 28.8 Å². The quantitative estimate of drug-likeness (QED) is 0.335. The summed E-state index contributed by atoms with van der Waals surface area (Å²) in [5, 5.41) is 1.48. The summed E-state index contributed by atoms with van der Waals surface area (Å²) < 4.78 is 14.8. The van der Waals surface area contributed by atoms with Gasteiger partial charge in [-0.1, -0.05) is 29.8 Å². The van der Waals surface area contributed by atoms with Crippen molar-refractivity contribution in [2.45, 2.75) is 6.42 Å². The Labute approximate surface area is 208 Å². The van der Waals surface area contributed by atoms with E-state index < -0.39 is 5.82 Å². The number of aromatic nitrogens is 1. The minimum Gasteiger partial charge on any atom is -0.369 e. The predicted molar refractivity (Wildman–Crippen MR) is 137 cm³/mol. The zero-order chi connectivity index (χ0) is 24.4. The summed E-state index contributed by atoms with van der Waals surface area (Å²) in [4.78, 5) is 30.9. The van der Waals surface area contributed by atoms with Crippen LogP contribution in [0.25, 0.3) is 10.9 Å². The summed E-state index contributed by atoms with van der Waals surface area (Å²) in [5.41, 5.74) is 2.73. The third kappa shape index (κ3) is 4.99. The molecular weight excluding hydrogens is 465 g/mol. The lowest BCUT2D eigenvalue weighted by Gasteiger charge is -2.36. The number of Topliss-reactive ketones (excluding diaryl/α,β-unsaturated/α-hetero) is 1. The Balaban J connectivity index is 1.26. The molecule has 1 aliphatic rings. The van der Waals surface area contributed by atoms with Crippen LogP contribution in [0.15, 0.2) is 79.0 Å². The fraction of sp³-hybridized carbons (Fsp3) is 0.214. The van der Waals surface area contributed by atoms with Crippen LogP contribution in [0.2, 0.25) is 5.02 Å². The van der Waals surface area contributed by atoms with Crippen LogP contribution in [0.1, 0.15) is 27.1 Å². The first-order chi connectivity index (χ1) is 17.0. The molecule has 35 heavy (non-hydrogen) atoms. The molecule has 178 valence electrons. The minimum absolute atomic E-state index is 0.00647. The molecule has 1 fully saturated rings. The van der Waals surface area contributed by atoms with Gasteiger partial charge in [-0.05, 0) is 54.6 Å². The predicted octanol–water partition coefficient (Wildman–Crippen LogP) is 5.52. The molecule has 1 aromatic heterocycles. The summed E-state index contributed by atoms with van der Waals surface area (Å²) >= 11 is 5.99. The Bertz CT molecular complexity index is 1360. The topological polar surface area (TPSA) is 45.6 Å². The van der Waals surface area contributed by atoms with Gasteiger partial charge in [-0.2, -0.15) is 0 Å². The van der Waals surface area contributed by atoms with Crippen LogP contribution >= 0.6 is 11.6 Å². The molecule has 0 N–H and O–H groups in total. The third-order valence-corrected chi connectivity index (χ3v) is 6.79. The van der Waals surface area contributed by atoms with Gasteiger partial charge in [0.25, 0.3) is 5.91 Å². The van der Waals surface area contributed by atoms with Gasteiger partial charge in [0.1, 0.15) is 5.82 Å². The molecule has 3 aromatic carbocycles. The lowest BCUT2D eigenvalue weighted by molar-refractivity contribution is 0.0963. The lowest BCUT2D eigenvalue weighted by atomic mass is 10.1. The van der Waals surface area contributed by atoms with Gasteiger partial charge in [-0.25, -0.2) is 4.39 Å². The number of para-hydroxylation sites is 1. The standard InChI is InChI=1S/C28H25ClFN3O2/c29-21-7-11-23(12-8-21)32-17-15-31(16-18-32)14-13-27(34)25-19-33(26-4-2-1-3-24(25)26)28(35)20-5-9-22(30)10-6-20/h1-12,19H,13-18H2. The van der Waals surface area contributed by atoms with Crippen molar-refractivity contribution in [1.29, 1.82) is 0 Å². The van der Waals surface area contributed by atoms with Crippen molar-refractivity contribution in [1.82, 2.24) is 9.47 Å². The van der Waals surface area contributed by atoms with E-state index in [1.807, 2.05) is 48.5 Å². The van der Waals surface area contributed by atoms with E-state index in [9.17, 15) is 14.0 Å². The SMILES string of the molecule is O=C(CCN1CCN(c2ccc(Cl)cc2)CC1)c1cn(C(=O)c2ccc(F)cc2)c2ccccc12. The highest BCUT2D eigenvalue weighted by molar-refractivity contribution is 6.30. The molecule has 0 unspecified atom stereocenters. The van der Waals surface area contributed by atoms with Crippen molar-refractivity contribution in [2.75, 3.05) is 37.6 Å². The van der Waals surface area contributed by atoms with Crippen molar-refractivity contribution in [3.05, 3.63) is 101 Å². The zero-order valence-electron chi connectivity index (χ0n) is 19.2. The van der Waals surface area contributed by atoms with E-state index in [0.29, 0.717) is 29.6 Å². The maximum absolute atomic E-state index is 13.3. The number of anilines is 1. The number of nitrogens with zero attached hydrogens (tertiary/aromatic N) is 3. The number of carbonyl (C=O) groups is 2. The monoisotopic (exact) mass is 489 g/mol. The van der Waals surface area contributed by atoms with Gasteiger partial charge in [-0.3, -0.25) is 19.1 Å². The molecule has 5 nitrogen and oxygen atoms in total. The van der Waals surface area contributed by atoms with E-state index in [0.717, 1.165) is 42.3 Å². The molecule has 0 amide bonds.